The van der Waals surface area contributed by atoms with Gasteiger partial charge >= 0.3 is 0 Å². The normalized spacial score (nSPS) is 12.1. The Morgan fingerprint density at radius 1 is 1.60 bits per heavy atom. The Labute approximate surface area is 93.1 Å². The zero-order valence-electron chi connectivity index (χ0n) is 8.37. The molecule has 82 valence electrons. The molecule has 1 unspecified atom stereocenters. The monoisotopic (exact) mass is 228 g/mol. The van der Waals surface area contributed by atoms with E-state index in [1.807, 2.05) is 0 Å². The van der Waals surface area contributed by atoms with Crippen molar-refractivity contribution in [3.63, 3.8) is 0 Å². The Morgan fingerprint density at radius 3 is 2.80 bits per heavy atom. The quantitative estimate of drug-likeness (QED) is 0.768. The van der Waals surface area contributed by atoms with Crippen molar-refractivity contribution >= 4 is 23.2 Å². The van der Waals surface area contributed by atoms with Gasteiger partial charge < -0.3 is 16.2 Å². The molecule has 0 aliphatic heterocycles. The van der Waals surface area contributed by atoms with E-state index in [2.05, 4.69) is 0 Å². The highest BCUT2D eigenvalue weighted by molar-refractivity contribution is 6.30. The van der Waals surface area contributed by atoms with Crippen molar-refractivity contribution in [1.82, 2.24) is 0 Å². The molecule has 0 fully saturated rings. The van der Waals surface area contributed by atoms with Crippen molar-refractivity contribution in [2.24, 2.45) is 5.73 Å². The molecule has 0 aliphatic carbocycles. The van der Waals surface area contributed by atoms with Gasteiger partial charge in [-0.3, -0.25) is 4.79 Å². The number of anilines is 1. The number of hydrogen-bond donors (Lipinski definition) is 2. The minimum absolute atomic E-state index is 0.383. The average Bonchev–Trinajstić information content (AvgIpc) is 2.18. The van der Waals surface area contributed by atoms with Crippen LogP contribution in [0.1, 0.15) is 13.3 Å². The van der Waals surface area contributed by atoms with Gasteiger partial charge in [-0.2, -0.15) is 0 Å². The first-order valence-electron chi connectivity index (χ1n) is 4.55. The van der Waals surface area contributed by atoms with E-state index in [0.29, 0.717) is 22.9 Å². The van der Waals surface area contributed by atoms with Gasteiger partial charge in [-0.15, -0.1) is 0 Å². The van der Waals surface area contributed by atoms with Gasteiger partial charge in [0.15, 0.2) is 6.10 Å². The van der Waals surface area contributed by atoms with Crippen LogP contribution in [0, 0.1) is 0 Å². The molecule has 1 atom stereocenters. The number of nitrogen functional groups attached to an aromatic ring is 1. The highest BCUT2D eigenvalue weighted by Gasteiger charge is 2.15. The minimum Gasteiger partial charge on any atom is -0.478 e. The largest absolute Gasteiger partial charge is 0.478 e. The van der Waals surface area contributed by atoms with Crippen LogP contribution >= 0.6 is 11.6 Å². The maximum atomic E-state index is 11.0. The molecule has 5 heteroatoms. The molecule has 0 spiro atoms. The maximum Gasteiger partial charge on any atom is 0.258 e. The summed E-state index contributed by atoms with van der Waals surface area (Å²) >= 11 is 5.77. The summed E-state index contributed by atoms with van der Waals surface area (Å²) in [6.45, 7) is 1.80. The molecule has 0 bridgehead atoms. The van der Waals surface area contributed by atoms with Gasteiger partial charge in [-0.05, 0) is 18.6 Å². The van der Waals surface area contributed by atoms with Crippen molar-refractivity contribution in [2.45, 2.75) is 19.4 Å². The molecule has 0 radical (unpaired) electrons. The van der Waals surface area contributed by atoms with Gasteiger partial charge in [0.1, 0.15) is 5.75 Å². The second-order valence-electron chi connectivity index (χ2n) is 3.10. The van der Waals surface area contributed by atoms with E-state index in [1.165, 1.54) is 0 Å². The third kappa shape index (κ3) is 3.02. The molecule has 0 saturated carbocycles. The fraction of sp³-hybridized carbons (Fsp3) is 0.300. The van der Waals surface area contributed by atoms with Crippen LogP contribution in [-0.2, 0) is 4.79 Å². The van der Waals surface area contributed by atoms with Crippen LogP contribution in [-0.4, -0.2) is 12.0 Å². The smallest absolute Gasteiger partial charge is 0.258 e. The zero-order valence-corrected chi connectivity index (χ0v) is 9.12. The molecule has 0 heterocycles. The number of rotatable bonds is 4. The summed E-state index contributed by atoms with van der Waals surface area (Å²) in [4.78, 5) is 11.0. The number of halogens is 1. The molecule has 4 nitrogen and oxygen atoms in total. The summed E-state index contributed by atoms with van der Waals surface area (Å²) in [5.74, 6) is -0.134. The first kappa shape index (κ1) is 11.7. The third-order valence-electron chi connectivity index (χ3n) is 1.93. The minimum atomic E-state index is -0.675. The third-order valence-corrected chi connectivity index (χ3v) is 2.17. The Morgan fingerprint density at radius 2 is 2.27 bits per heavy atom. The number of carbonyl (C=O) groups is 1. The van der Waals surface area contributed by atoms with Crippen molar-refractivity contribution in [1.29, 1.82) is 0 Å². The first-order valence-corrected chi connectivity index (χ1v) is 4.93. The molecule has 1 rings (SSSR count). The number of amides is 1. The van der Waals surface area contributed by atoms with E-state index < -0.39 is 12.0 Å². The van der Waals surface area contributed by atoms with Crippen molar-refractivity contribution in [2.75, 3.05) is 5.73 Å². The number of nitrogens with two attached hydrogens (primary N) is 2. The lowest BCUT2D eigenvalue weighted by Crippen LogP contribution is -2.33. The summed E-state index contributed by atoms with van der Waals surface area (Å²) < 4.78 is 5.35. The van der Waals surface area contributed by atoms with Crippen LogP contribution in [0.5, 0.6) is 5.75 Å². The Kier molecular flexibility index (Phi) is 3.80. The van der Waals surface area contributed by atoms with Crippen LogP contribution in [0.25, 0.3) is 0 Å². The predicted octanol–water partition coefficient (Wildman–Crippen LogP) is 1.56. The van der Waals surface area contributed by atoms with E-state index in [0.717, 1.165) is 0 Å². The van der Waals surface area contributed by atoms with E-state index in [4.69, 9.17) is 27.8 Å². The zero-order chi connectivity index (χ0) is 11.4. The van der Waals surface area contributed by atoms with E-state index in [9.17, 15) is 4.79 Å². The van der Waals surface area contributed by atoms with Crippen molar-refractivity contribution < 1.29 is 9.53 Å². The molecule has 0 aliphatic rings. The highest BCUT2D eigenvalue weighted by atomic mass is 35.5. The number of hydrogen-bond acceptors (Lipinski definition) is 3. The van der Waals surface area contributed by atoms with Gasteiger partial charge in [0, 0.05) is 11.1 Å². The van der Waals surface area contributed by atoms with Gasteiger partial charge in [0.25, 0.3) is 5.91 Å². The Hall–Kier alpha value is -1.42. The molecule has 1 aromatic rings. The molecule has 1 amide bonds. The molecule has 1 aromatic carbocycles. The molecule has 0 saturated heterocycles. The second-order valence-corrected chi connectivity index (χ2v) is 3.54. The molecule has 0 aromatic heterocycles. The topological polar surface area (TPSA) is 78.3 Å². The predicted molar refractivity (Wildman–Crippen MR) is 59.8 cm³/mol. The summed E-state index contributed by atoms with van der Waals surface area (Å²) in [5.41, 5.74) is 11.2. The SMILES string of the molecule is CCC(Oc1cc(Cl)ccc1N)C(N)=O. The van der Waals surface area contributed by atoms with E-state index >= 15 is 0 Å². The Balaban J connectivity index is 2.87. The summed E-state index contributed by atoms with van der Waals surface area (Å²) in [5, 5.41) is 0.499. The Bertz CT molecular complexity index is 368. The van der Waals surface area contributed by atoms with Crippen LogP contribution in [0.3, 0.4) is 0 Å². The second kappa shape index (κ2) is 4.89. The fourth-order valence-electron chi connectivity index (χ4n) is 1.11. The van der Waals surface area contributed by atoms with Crippen LogP contribution in [0.4, 0.5) is 5.69 Å². The number of benzene rings is 1. The standard InChI is InChI=1S/C10H13ClN2O2/c1-2-8(10(13)14)15-9-5-6(11)3-4-7(9)12/h3-5,8H,2,12H2,1H3,(H2,13,14). The lowest BCUT2D eigenvalue weighted by Gasteiger charge is -2.15. The number of carbonyl (C=O) groups excluding carboxylic acids is 1. The van der Waals surface area contributed by atoms with Gasteiger partial charge in [-0.1, -0.05) is 18.5 Å². The molecular weight excluding hydrogens is 216 g/mol. The van der Waals surface area contributed by atoms with Gasteiger partial charge in [0.05, 0.1) is 5.69 Å². The lowest BCUT2D eigenvalue weighted by molar-refractivity contribution is -0.124. The van der Waals surface area contributed by atoms with E-state index in [1.54, 1.807) is 25.1 Å². The number of primary amides is 1. The average molecular weight is 229 g/mol. The number of ether oxygens (including phenoxy) is 1. The van der Waals surface area contributed by atoms with Crippen LogP contribution < -0.4 is 16.2 Å². The van der Waals surface area contributed by atoms with Gasteiger partial charge in [0.2, 0.25) is 0 Å². The van der Waals surface area contributed by atoms with Crippen LogP contribution in [0.15, 0.2) is 18.2 Å². The van der Waals surface area contributed by atoms with Crippen molar-refractivity contribution in [3.05, 3.63) is 23.2 Å². The van der Waals surface area contributed by atoms with E-state index in [-0.39, 0.29) is 0 Å². The first-order chi connectivity index (χ1) is 7.04. The fourth-order valence-corrected chi connectivity index (χ4v) is 1.27. The summed E-state index contributed by atoms with van der Waals surface area (Å²) in [6, 6.07) is 4.82. The molecule has 15 heavy (non-hydrogen) atoms. The van der Waals surface area contributed by atoms with Crippen LogP contribution in [0.2, 0.25) is 5.02 Å². The van der Waals surface area contributed by atoms with Gasteiger partial charge in [-0.25, -0.2) is 0 Å². The molecule has 4 N–H and O–H groups in total. The molecular formula is C10H13ClN2O2. The maximum absolute atomic E-state index is 11.0. The highest BCUT2D eigenvalue weighted by Crippen LogP contribution is 2.26. The van der Waals surface area contributed by atoms with Crippen molar-refractivity contribution in [3.8, 4) is 5.75 Å². The summed E-state index contributed by atoms with van der Waals surface area (Å²) in [6.07, 6.45) is -0.188. The lowest BCUT2D eigenvalue weighted by atomic mass is 10.2. The summed E-state index contributed by atoms with van der Waals surface area (Å²) in [7, 11) is 0.